The molecule has 1 heterocycles. The SMILES string of the molecule is O=C1CCN(C/C=C/CCS(=O)(=O)NC2(c3ccc(F)c(OCC(F)F)c3)CC2)C(=O)N1. The number of nitrogens with one attached hydrogen (secondary N) is 2. The van der Waals surface area contributed by atoms with Gasteiger partial charge in [0.1, 0.15) is 6.61 Å². The van der Waals surface area contributed by atoms with Crippen LogP contribution < -0.4 is 14.8 Å². The Morgan fingerprint density at radius 3 is 2.66 bits per heavy atom. The molecule has 176 valence electrons. The van der Waals surface area contributed by atoms with Gasteiger partial charge < -0.3 is 9.64 Å². The van der Waals surface area contributed by atoms with E-state index < -0.39 is 40.4 Å². The molecule has 8 nitrogen and oxygen atoms in total. The number of hydrogen-bond donors (Lipinski definition) is 2. The predicted octanol–water partition coefficient (Wildman–Crippen LogP) is 2.27. The number of carbonyl (C=O) groups excluding carboxylic acids is 2. The Balaban J connectivity index is 1.53. The number of nitrogens with zero attached hydrogens (tertiary/aromatic N) is 1. The van der Waals surface area contributed by atoms with E-state index in [2.05, 4.69) is 10.0 Å². The lowest BCUT2D eigenvalue weighted by Gasteiger charge is -2.25. The van der Waals surface area contributed by atoms with Crippen LogP contribution in [-0.2, 0) is 20.4 Å². The van der Waals surface area contributed by atoms with Crippen molar-refractivity contribution in [2.45, 2.75) is 37.6 Å². The van der Waals surface area contributed by atoms with Gasteiger partial charge in [-0.05, 0) is 37.0 Å². The van der Waals surface area contributed by atoms with Crippen LogP contribution in [0.15, 0.2) is 30.4 Å². The molecule has 0 unspecified atom stereocenters. The number of allylic oxidation sites excluding steroid dienone is 1. The minimum absolute atomic E-state index is 0.200. The van der Waals surface area contributed by atoms with Gasteiger partial charge in [0.25, 0.3) is 6.43 Å². The number of rotatable bonds is 11. The minimum atomic E-state index is -3.69. The van der Waals surface area contributed by atoms with Crippen LogP contribution >= 0.6 is 0 Å². The highest BCUT2D eigenvalue weighted by molar-refractivity contribution is 7.89. The van der Waals surface area contributed by atoms with Crippen LogP contribution in [-0.4, -0.2) is 57.1 Å². The van der Waals surface area contributed by atoms with Crippen molar-refractivity contribution in [2.75, 3.05) is 25.4 Å². The van der Waals surface area contributed by atoms with Crippen LogP contribution in [0.25, 0.3) is 0 Å². The Bertz CT molecular complexity index is 996. The standard InChI is InChI=1S/C20H24F3N3O5S/c21-15-5-4-14(12-16(15)31-13-17(22)23)20(7-8-20)25-32(29,30)11-3-1-2-9-26-10-6-18(27)24-19(26)28/h1-2,4-5,12,17,25H,3,6-11,13H2,(H,24,27,28)/b2-1+. The van der Waals surface area contributed by atoms with Gasteiger partial charge in [0.15, 0.2) is 11.6 Å². The van der Waals surface area contributed by atoms with Crippen molar-refractivity contribution in [3.05, 3.63) is 41.7 Å². The van der Waals surface area contributed by atoms with E-state index in [0.717, 1.165) is 6.07 Å². The van der Waals surface area contributed by atoms with Gasteiger partial charge in [0, 0.05) is 19.5 Å². The van der Waals surface area contributed by atoms with E-state index in [1.807, 2.05) is 0 Å². The molecule has 0 atom stereocenters. The molecule has 0 aromatic heterocycles. The van der Waals surface area contributed by atoms with E-state index >= 15 is 0 Å². The number of alkyl halides is 2. The van der Waals surface area contributed by atoms with Crippen LogP contribution in [0, 0.1) is 5.82 Å². The summed E-state index contributed by atoms with van der Waals surface area (Å²) in [4.78, 5) is 24.2. The van der Waals surface area contributed by atoms with Crippen molar-refractivity contribution < 1.29 is 35.9 Å². The molecule has 1 aliphatic heterocycles. The van der Waals surface area contributed by atoms with Gasteiger partial charge in [-0.3, -0.25) is 10.1 Å². The molecular formula is C20H24F3N3O5S. The van der Waals surface area contributed by atoms with Crippen molar-refractivity contribution in [3.8, 4) is 5.75 Å². The number of carbonyl (C=O) groups is 2. The Hall–Kier alpha value is -2.60. The summed E-state index contributed by atoms with van der Waals surface area (Å²) in [5.74, 6) is -1.67. The number of urea groups is 1. The molecule has 32 heavy (non-hydrogen) atoms. The molecule has 2 fully saturated rings. The van der Waals surface area contributed by atoms with Gasteiger partial charge in [-0.2, -0.15) is 0 Å². The number of sulfonamides is 1. The Morgan fingerprint density at radius 2 is 2.00 bits per heavy atom. The second-order valence-corrected chi connectivity index (χ2v) is 9.50. The van der Waals surface area contributed by atoms with Gasteiger partial charge in [-0.1, -0.05) is 18.2 Å². The molecule has 2 N–H and O–H groups in total. The number of hydrogen-bond acceptors (Lipinski definition) is 5. The summed E-state index contributed by atoms with van der Waals surface area (Å²) in [5, 5.41) is 2.20. The zero-order chi connectivity index (χ0) is 23.4. The van der Waals surface area contributed by atoms with Crippen molar-refractivity contribution in [3.63, 3.8) is 0 Å². The first kappa shape index (κ1) is 24.1. The Morgan fingerprint density at radius 1 is 1.25 bits per heavy atom. The van der Waals surface area contributed by atoms with Gasteiger partial charge in [0.2, 0.25) is 15.9 Å². The molecule has 0 spiro atoms. The van der Waals surface area contributed by atoms with Crippen molar-refractivity contribution in [1.29, 1.82) is 0 Å². The summed E-state index contributed by atoms with van der Waals surface area (Å²) < 4.78 is 71.0. The smallest absolute Gasteiger partial charge is 0.324 e. The van der Waals surface area contributed by atoms with Gasteiger partial charge in [0.05, 0.1) is 11.3 Å². The summed E-state index contributed by atoms with van der Waals surface area (Å²) >= 11 is 0. The summed E-state index contributed by atoms with van der Waals surface area (Å²) in [6.07, 6.45) is 1.94. The van der Waals surface area contributed by atoms with E-state index in [0.29, 0.717) is 24.9 Å². The van der Waals surface area contributed by atoms with Crippen molar-refractivity contribution in [1.82, 2.24) is 14.9 Å². The molecule has 0 radical (unpaired) electrons. The number of amides is 3. The molecule has 2 aliphatic rings. The third-order valence-corrected chi connectivity index (χ3v) is 6.61. The maximum Gasteiger partial charge on any atom is 0.324 e. The maximum absolute atomic E-state index is 13.8. The molecule has 1 saturated heterocycles. The molecule has 12 heteroatoms. The van der Waals surface area contributed by atoms with Gasteiger partial charge in [-0.15, -0.1) is 0 Å². The lowest BCUT2D eigenvalue weighted by molar-refractivity contribution is -0.121. The van der Waals surface area contributed by atoms with E-state index in [1.165, 1.54) is 17.0 Å². The quantitative estimate of drug-likeness (QED) is 0.478. The van der Waals surface area contributed by atoms with Crippen LogP contribution in [0.2, 0.25) is 0 Å². The number of benzene rings is 1. The fourth-order valence-corrected chi connectivity index (χ4v) is 4.77. The van der Waals surface area contributed by atoms with E-state index in [4.69, 9.17) is 4.74 Å². The van der Waals surface area contributed by atoms with Crippen LogP contribution in [0.1, 0.15) is 31.2 Å². The Kier molecular flexibility index (Phi) is 7.44. The normalized spacial score (nSPS) is 18.3. The third kappa shape index (κ3) is 6.45. The van der Waals surface area contributed by atoms with Crippen molar-refractivity contribution in [2.24, 2.45) is 0 Å². The summed E-state index contributed by atoms with van der Waals surface area (Å²) in [5.41, 5.74) is -0.453. The number of halogens is 3. The number of ether oxygens (including phenoxy) is 1. The Labute approximate surface area is 183 Å². The third-order valence-electron chi connectivity index (χ3n) is 5.14. The highest BCUT2D eigenvalue weighted by atomic mass is 32.2. The first-order valence-electron chi connectivity index (χ1n) is 10.1. The van der Waals surface area contributed by atoms with Crippen LogP contribution in [0.4, 0.5) is 18.0 Å². The highest BCUT2D eigenvalue weighted by Gasteiger charge is 2.47. The molecule has 3 amide bonds. The molecule has 3 rings (SSSR count). The largest absolute Gasteiger partial charge is 0.485 e. The topological polar surface area (TPSA) is 105 Å². The average Bonchev–Trinajstić information content (AvgIpc) is 3.48. The average molecular weight is 475 g/mol. The first-order valence-corrected chi connectivity index (χ1v) is 11.7. The molecule has 0 bridgehead atoms. The molecule has 1 aliphatic carbocycles. The van der Waals surface area contributed by atoms with Crippen LogP contribution in [0.3, 0.4) is 0 Å². The van der Waals surface area contributed by atoms with Crippen molar-refractivity contribution >= 4 is 22.0 Å². The molecular weight excluding hydrogens is 451 g/mol. The van der Waals surface area contributed by atoms with E-state index in [-0.39, 0.29) is 36.8 Å². The summed E-state index contributed by atoms with van der Waals surface area (Å²) in [6.45, 7) is -0.396. The van der Waals surface area contributed by atoms with E-state index in [1.54, 1.807) is 12.2 Å². The zero-order valence-electron chi connectivity index (χ0n) is 17.2. The fraction of sp³-hybridized carbons (Fsp3) is 0.500. The first-order chi connectivity index (χ1) is 15.1. The fourth-order valence-electron chi connectivity index (χ4n) is 3.30. The van der Waals surface area contributed by atoms with Gasteiger partial charge in [-0.25, -0.2) is 31.1 Å². The lowest BCUT2D eigenvalue weighted by atomic mass is 10.1. The molecule has 1 saturated carbocycles. The second-order valence-electron chi connectivity index (χ2n) is 7.66. The lowest BCUT2D eigenvalue weighted by Crippen LogP contribution is -2.49. The number of imide groups is 1. The summed E-state index contributed by atoms with van der Waals surface area (Å²) in [6, 6.07) is 3.25. The van der Waals surface area contributed by atoms with Crippen LogP contribution in [0.5, 0.6) is 5.75 Å². The minimum Gasteiger partial charge on any atom is -0.485 e. The zero-order valence-corrected chi connectivity index (χ0v) is 18.0. The molecule has 1 aromatic rings. The highest BCUT2D eigenvalue weighted by Crippen LogP contribution is 2.47. The summed E-state index contributed by atoms with van der Waals surface area (Å²) in [7, 11) is -3.69. The molecule has 1 aromatic carbocycles. The second kappa shape index (κ2) is 9.90. The van der Waals surface area contributed by atoms with Gasteiger partial charge >= 0.3 is 6.03 Å². The predicted molar refractivity (Wildman–Crippen MR) is 109 cm³/mol. The monoisotopic (exact) mass is 475 g/mol. The maximum atomic E-state index is 13.8. The van der Waals surface area contributed by atoms with E-state index in [9.17, 15) is 31.2 Å².